The van der Waals surface area contributed by atoms with Crippen LogP contribution in [0.5, 0.6) is 0 Å². The van der Waals surface area contributed by atoms with Crippen molar-refractivity contribution in [2.45, 2.75) is 58.6 Å². The Bertz CT molecular complexity index is 766. The van der Waals surface area contributed by atoms with Gasteiger partial charge < -0.3 is 14.4 Å². The van der Waals surface area contributed by atoms with E-state index in [1.54, 1.807) is 4.90 Å². The Balaban J connectivity index is 1.58. The van der Waals surface area contributed by atoms with E-state index >= 15 is 0 Å². The summed E-state index contributed by atoms with van der Waals surface area (Å²) < 4.78 is 10.6. The Morgan fingerprint density at radius 3 is 2.40 bits per heavy atom. The molecule has 2 fully saturated rings. The van der Waals surface area contributed by atoms with Gasteiger partial charge >= 0.3 is 12.2 Å². The monoisotopic (exact) mass is 416 g/mol. The fraction of sp³-hybridized carbons (Fsp3) is 0.609. The van der Waals surface area contributed by atoms with Crippen LogP contribution < -0.4 is 0 Å². The normalized spacial score (nSPS) is 21.3. The minimum absolute atomic E-state index is 0.113. The molecule has 3 rings (SSSR count). The molecule has 1 aromatic carbocycles. The summed E-state index contributed by atoms with van der Waals surface area (Å²) in [7, 11) is 0. The van der Waals surface area contributed by atoms with Crippen molar-refractivity contribution in [2.24, 2.45) is 11.8 Å². The summed E-state index contributed by atoms with van der Waals surface area (Å²) in [4.78, 5) is 40.7. The van der Waals surface area contributed by atoms with E-state index in [4.69, 9.17) is 9.47 Å². The van der Waals surface area contributed by atoms with Gasteiger partial charge in [-0.3, -0.25) is 4.79 Å². The molecule has 2 saturated heterocycles. The van der Waals surface area contributed by atoms with Gasteiger partial charge in [-0.25, -0.2) is 14.5 Å². The average Bonchev–Trinajstić information content (AvgIpc) is 3.06. The molecular formula is C23H32N2O5. The zero-order valence-electron chi connectivity index (χ0n) is 18.3. The molecule has 0 saturated carbocycles. The summed E-state index contributed by atoms with van der Waals surface area (Å²) in [5, 5.41) is 0. The Hall–Kier alpha value is -2.57. The molecule has 2 aliphatic rings. The Morgan fingerprint density at radius 2 is 1.80 bits per heavy atom. The smallest absolute Gasteiger partial charge is 0.416 e. The Labute approximate surface area is 178 Å². The second kappa shape index (κ2) is 9.06. The summed E-state index contributed by atoms with van der Waals surface area (Å²) in [6.45, 7) is 8.74. The highest BCUT2D eigenvalue weighted by molar-refractivity contribution is 5.94. The third-order valence-electron chi connectivity index (χ3n) is 5.80. The van der Waals surface area contributed by atoms with Crippen molar-refractivity contribution < 1.29 is 23.9 Å². The van der Waals surface area contributed by atoms with Crippen LogP contribution in [0.4, 0.5) is 9.59 Å². The van der Waals surface area contributed by atoms with Crippen LogP contribution in [-0.2, 0) is 20.7 Å². The molecule has 0 radical (unpaired) electrons. The number of amides is 3. The maximum absolute atomic E-state index is 13.2. The van der Waals surface area contributed by atoms with Crippen LogP contribution in [0.3, 0.4) is 0 Å². The van der Waals surface area contributed by atoms with Crippen molar-refractivity contribution in [2.75, 3.05) is 19.7 Å². The van der Waals surface area contributed by atoms with E-state index in [1.165, 1.54) is 4.90 Å². The fourth-order valence-corrected chi connectivity index (χ4v) is 4.10. The van der Waals surface area contributed by atoms with E-state index in [9.17, 15) is 14.4 Å². The van der Waals surface area contributed by atoms with Gasteiger partial charge in [0.2, 0.25) is 5.91 Å². The molecule has 164 valence electrons. The molecule has 0 spiro atoms. The van der Waals surface area contributed by atoms with Crippen molar-refractivity contribution >= 4 is 18.1 Å². The molecule has 0 unspecified atom stereocenters. The number of ether oxygens (including phenoxy) is 2. The molecule has 2 aliphatic heterocycles. The molecule has 3 amide bonds. The average molecular weight is 417 g/mol. The molecule has 7 heteroatoms. The Morgan fingerprint density at radius 1 is 1.17 bits per heavy atom. The predicted molar refractivity (Wildman–Crippen MR) is 112 cm³/mol. The van der Waals surface area contributed by atoms with Crippen LogP contribution in [0.2, 0.25) is 0 Å². The van der Waals surface area contributed by atoms with Crippen LogP contribution in [-0.4, -0.2) is 59.2 Å². The maximum atomic E-state index is 13.2. The van der Waals surface area contributed by atoms with Crippen LogP contribution in [0, 0.1) is 11.8 Å². The number of piperidine rings is 1. The Kier molecular flexibility index (Phi) is 6.68. The summed E-state index contributed by atoms with van der Waals surface area (Å²) >= 11 is 0. The lowest BCUT2D eigenvalue weighted by Crippen LogP contribution is -2.47. The van der Waals surface area contributed by atoms with Crippen LogP contribution in [0.15, 0.2) is 30.3 Å². The van der Waals surface area contributed by atoms with E-state index in [0.29, 0.717) is 32.4 Å². The molecule has 0 bridgehead atoms. The van der Waals surface area contributed by atoms with Crippen LogP contribution >= 0.6 is 0 Å². The third kappa shape index (κ3) is 5.32. The molecule has 0 N–H and O–H groups in total. The first-order chi connectivity index (χ1) is 14.2. The lowest BCUT2D eigenvalue weighted by atomic mass is 9.84. The summed E-state index contributed by atoms with van der Waals surface area (Å²) in [6.07, 6.45) is 1.13. The first kappa shape index (κ1) is 22.1. The molecule has 7 nitrogen and oxygen atoms in total. The number of cyclic esters (lactones) is 1. The fourth-order valence-electron chi connectivity index (χ4n) is 4.10. The lowest BCUT2D eigenvalue weighted by molar-refractivity contribution is -0.135. The van der Waals surface area contributed by atoms with E-state index in [-0.39, 0.29) is 36.5 Å². The first-order valence-electron chi connectivity index (χ1n) is 10.7. The van der Waals surface area contributed by atoms with Gasteiger partial charge in [0, 0.05) is 19.0 Å². The van der Waals surface area contributed by atoms with Crippen molar-refractivity contribution in [1.82, 2.24) is 9.80 Å². The van der Waals surface area contributed by atoms with E-state index in [2.05, 4.69) is 0 Å². The summed E-state index contributed by atoms with van der Waals surface area (Å²) in [6, 6.07) is 9.52. The van der Waals surface area contributed by atoms with Crippen molar-refractivity contribution in [3.63, 3.8) is 0 Å². The molecule has 2 atom stereocenters. The van der Waals surface area contributed by atoms with Gasteiger partial charge in [-0.15, -0.1) is 0 Å². The second-order valence-corrected chi connectivity index (χ2v) is 9.22. The van der Waals surface area contributed by atoms with Crippen molar-refractivity contribution in [1.29, 1.82) is 0 Å². The minimum Gasteiger partial charge on any atom is -0.447 e. The van der Waals surface area contributed by atoms with E-state index < -0.39 is 11.7 Å². The number of carbonyl (C=O) groups excluding carboxylic acids is 3. The summed E-state index contributed by atoms with van der Waals surface area (Å²) in [5.74, 6) is -0.383. The number of hydrogen-bond acceptors (Lipinski definition) is 5. The number of imide groups is 1. The zero-order chi connectivity index (χ0) is 21.9. The highest BCUT2D eigenvalue weighted by Gasteiger charge is 2.42. The minimum atomic E-state index is -0.557. The van der Waals surface area contributed by atoms with Gasteiger partial charge in [0.25, 0.3) is 0 Å². The van der Waals surface area contributed by atoms with Gasteiger partial charge in [0.15, 0.2) is 0 Å². The van der Waals surface area contributed by atoms with Gasteiger partial charge in [0.05, 0.1) is 6.04 Å². The topological polar surface area (TPSA) is 76.2 Å². The molecular weight excluding hydrogens is 384 g/mol. The van der Waals surface area contributed by atoms with Gasteiger partial charge in [-0.2, -0.15) is 0 Å². The number of nitrogens with zero attached hydrogens (tertiary/aromatic N) is 2. The number of carbonyl (C=O) groups is 3. The maximum Gasteiger partial charge on any atom is 0.416 e. The van der Waals surface area contributed by atoms with Gasteiger partial charge in [-0.1, -0.05) is 37.3 Å². The van der Waals surface area contributed by atoms with Gasteiger partial charge in [0.1, 0.15) is 12.2 Å². The lowest BCUT2D eigenvalue weighted by Gasteiger charge is -2.36. The van der Waals surface area contributed by atoms with Crippen molar-refractivity contribution in [3.8, 4) is 0 Å². The SMILES string of the molecule is C[C@@H](C(=O)N1C(=O)OC[C@H]1Cc1ccccc1)C1CCN(C(=O)OC(C)(C)C)CC1. The zero-order valence-corrected chi connectivity index (χ0v) is 18.3. The molecule has 0 aromatic heterocycles. The number of hydrogen-bond donors (Lipinski definition) is 0. The number of rotatable bonds is 4. The standard InChI is InChI=1S/C23H32N2O5/c1-16(18-10-12-24(13-11-18)21(27)30-23(2,3)4)20(26)25-19(15-29-22(25)28)14-17-8-6-5-7-9-17/h5-9,16,18-19H,10-15H2,1-4H3/t16-,19-/m1/s1. The highest BCUT2D eigenvalue weighted by atomic mass is 16.6. The number of benzene rings is 1. The third-order valence-corrected chi connectivity index (χ3v) is 5.80. The van der Waals surface area contributed by atoms with Crippen LogP contribution in [0.1, 0.15) is 46.1 Å². The van der Waals surface area contributed by atoms with Crippen LogP contribution in [0.25, 0.3) is 0 Å². The van der Waals surface area contributed by atoms with E-state index in [1.807, 2.05) is 58.0 Å². The molecule has 30 heavy (non-hydrogen) atoms. The summed E-state index contributed by atoms with van der Waals surface area (Å²) in [5.41, 5.74) is 0.540. The predicted octanol–water partition coefficient (Wildman–Crippen LogP) is 3.86. The van der Waals surface area contributed by atoms with E-state index in [0.717, 1.165) is 5.56 Å². The van der Waals surface area contributed by atoms with Crippen molar-refractivity contribution in [3.05, 3.63) is 35.9 Å². The quantitative estimate of drug-likeness (QED) is 0.745. The molecule has 2 heterocycles. The second-order valence-electron chi connectivity index (χ2n) is 9.22. The first-order valence-corrected chi connectivity index (χ1v) is 10.7. The molecule has 1 aromatic rings. The largest absolute Gasteiger partial charge is 0.447 e. The van der Waals surface area contributed by atoms with Gasteiger partial charge in [-0.05, 0) is 51.5 Å². The molecule has 0 aliphatic carbocycles. The number of likely N-dealkylation sites (tertiary alicyclic amines) is 1. The highest BCUT2D eigenvalue weighted by Crippen LogP contribution is 2.29.